The third kappa shape index (κ3) is 16.5. The Morgan fingerprint density at radius 2 is 1.43 bits per heavy atom. The highest BCUT2D eigenvalue weighted by Crippen LogP contribution is 2.13. The monoisotopic (exact) mass is 361 g/mol. The Morgan fingerprint density at radius 3 is 1.91 bits per heavy atom. The molecule has 0 aromatic carbocycles. The molecule has 0 aromatic heterocycles. The van der Waals surface area contributed by atoms with Gasteiger partial charge in [0.05, 0.1) is 0 Å². The molecule has 6 heteroatoms. The molecule has 0 saturated carbocycles. The summed E-state index contributed by atoms with van der Waals surface area (Å²) in [6, 6.07) is 1.09. The molecule has 0 fully saturated rings. The van der Waals surface area contributed by atoms with Gasteiger partial charge in [-0.05, 0) is 39.0 Å². The van der Waals surface area contributed by atoms with Gasteiger partial charge in [-0.15, -0.1) is 0 Å². The lowest BCUT2D eigenvalue weighted by Crippen LogP contribution is -2.28. The average Bonchev–Trinajstić information content (AvgIpc) is 2.46. The summed E-state index contributed by atoms with van der Waals surface area (Å²) in [5.74, 6) is -0.00535. The fourth-order valence-corrected chi connectivity index (χ4v) is 4.50. The van der Waals surface area contributed by atoms with Crippen molar-refractivity contribution in [2.24, 2.45) is 0 Å². The van der Waals surface area contributed by atoms with E-state index in [9.17, 15) is 4.79 Å². The van der Waals surface area contributed by atoms with Gasteiger partial charge in [-0.1, -0.05) is 44.9 Å². The standard InChI is InChI=1S/C17H37O4Si2/c1-6-20-22(19-2)16-14-12-10-8-7-9-11-13-15-17(18)21-23(3,4)5/h6-16H2,1-5H3. The van der Waals surface area contributed by atoms with Crippen LogP contribution in [0.3, 0.4) is 0 Å². The Balaban J connectivity index is 3.32. The summed E-state index contributed by atoms with van der Waals surface area (Å²) < 4.78 is 16.4. The summed E-state index contributed by atoms with van der Waals surface area (Å²) >= 11 is 0. The molecule has 0 bridgehead atoms. The van der Waals surface area contributed by atoms with E-state index in [-0.39, 0.29) is 5.97 Å². The Morgan fingerprint density at radius 1 is 0.913 bits per heavy atom. The molecule has 0 atom stereocenters. The molecule has 0 aliphatic heterocycles. The molecule has 0 spiro atoms. The van der Waals surface area contributed by atoms with Crippen molar-refractivity contribution in [2.45, 2.75) is 90.4 Å². The summed E-state index contributed by atoms with van der Waals surface area (Å²) in [7, 11) is -0.944. The van der Waals surface area contributed by atoms with E-state index in [1.807, 2.05) is 6.92 Å². The molecule has 137 valence electrons. The second-order valence-corrected chi connectivity index (χ2v) is 13.3. The Labute approximate surface area is 146 Å². The van der Waals surface area contributed by atoms with Crippen LogP contribution in [0.5, 0.6) is 0 Å². The normalized spacial score (nSPS) is 11.9. The molecule has 0 rings (SSSR count). The van der Waals surface area contributed by atoms with Gasteiger partial charge in [-0.25, -0.2) is 0 Å². The summed E-state index contributed by atoms with van der Waals surface area (Å²) in [6.07, 6.45) is 10.3. The lowest BCUT2D eigenvalue weighted by atomic mass is 10.1. The first-order valence-corrected chi connectivity index (χ1v) is 14.1. The predicted molar refractivity (Wildman–Crippen MR) is 100 cm³/mol. The minimum Gasteiger partial charge on any atom is -0.520 e. The molecule has 1 radical (unpaired) electrons. The summed E-state index contributed by atoms with van der Waals surface area (Å²) in [5.41, 5.74) is 0. The van der Waals surface area contributed by atoms with Gasteiger partial charge >= 0.3 is 9.28 Å². The lowest BCUT2D eigenvalue weighted by molar-refractivity contribution is -0.135. The summed E-state index contributed by atoms with van der Waals surface area (Å²) in [5, 5.41) is 0. The average molecular weight is 362 g/mol. The van der Waals surface area contributed by atoms with Crippen molar-refractivity contribution in [2.75, 3.05) is 13.7 Å². The maximum Gasteiger partial charge on any atom is 0.384 e. The fraction of sp³-hybridized carbons (Fsp3) is 0.941. The third-order valence-electron chi connectivity index (χ3n) is 3.46. The van der Waals surface area contributed by atoms with Crippen LogP contribution < -0.4 is 0 Å². The van der Waals surface area contributed by atoms with Gasteiger partial charge in [-0.2, -0.15) is 0 Å². The van der Waals surface area contributed by atoms with Crippen LogP contribution in [-0.4, -0.2) is 37.3 Å². The SMILES string of the molecule is CCO[Si](CCCCCCCCCCC(=O)O[Si](C)(C)C)OC. The molecule has 0 aromatic rings. The number of carbonyl (C=O) groups excluding carboxylic acids is 1. The van der Waals surface area contributed by atoms with E-state index in [0.29, 0.717) is 6.42 Å². The Bertz CT molecular complexity index is 293. The van der Waals surface area contributed by atoms with Crippen molar-refractivity contribution in [3.05, 3.63) is 0 Å². The number of carbonyl (C=O) groups is 1. The van der Waals surface area contributed by atoms with Gasteiger partial charge < -0.3 is 13.3 Å². The second-order valence-electron chi connectivity index (χ2n) is 6.92. The molecular formula is C17H37O4Si2. The van der Waals surface area contributed by atoms with Crippen LogP contribution in [0.2, 0.25) is 25.7 Å². The molecular weight excluding hydrogens is 324 g/mol. The number of hydrogen-bond donors (Lipinski definition) is 0. The maximum atomic E-state index is 11.6. The largest absolute Gasteiger partial charge is 0.520 e. The molecule has 0 aliphatic carbocycles. The molecule has 0 amide bonds. The fourth-order valence-electron chi connectivity index (χ4n) is 2.39. The van der Waals surface area contributed by atoms with E-state index in [4.69, 9.17) is 13.3 Å². The number of rotatable bonds is 15. The van der Waals surface area contributed by atoms with E-state index in [1.54, 1.807) is 7.11 Å². The smallest absolute Gasteiger partial charge is 0.384 e. The van der Waals surface area contributed by atoms with Gasteiger partial charge in [-0.3, -0.25) is 4.79 Å². The zero-order valence-electron chi connectivity index (χ0n) is 15.9. The van der Waals surface area contributed by atoms with Crippen molar-refractivity contribution in [3.8, 4) is 0 Å². The predicted octanol–water partition coefficient (Wildman–Crippen LogP) is 5.05. The van der Waals surface area contributed by atoms with Gasteiger partial charge in [0.15, 0.2) is 0 Å². The second kappa shape index (κ2) is 14.2. The van der Waals surface area contributed by atoms with Crippen LogP contribution in [0, 0.1) is 0 Å². The first-order valence-electron chi connectivity index (χ1n) is 9.13. The van der Waals surface area contributed by atoms with Gasteiger partial charge in [0, 0.05) is 20.1 Å². The van der Waals surface area contributed by atoms with E-state index < -0.39 is 17.6 Å². The highest BCUT2D eigenvalue weighted by molar-refractivity contribution is 6.71. The van der Waals surface area contributed by atoms with Crippen LogP contribution in [-0.2, 0) is 18.1 Å². The van der Waals surface area contributed by atoms with E-state index in [1.165, 1.54) is 38.5 Å². The molecule has 0 saturated heterocycles. The third-order valence-corrected chi connectivity index (χ3v) is 6.13. The first-order chi connectivity index (χ1) is 10.9. The zero-order chi connectivity index (χ0) is 17.6. The molecule has 0 N–H and O–H groups in total. The number of unbranched alkanes of at least 4 members (excludes halogenated alkanes) is 7. The van der Waals surface area contributed by atoms with Crippen molar-refractivity contribution in [1.29, 1.82) is 0 Å². The topological polar surface area (TPSA) is 44.8 Å². The van der Waals surface area contributed by atoms with Crippen LogP contribution in [0.25, 0.3) is 0 Å². The zero-order valence-corrected chi connectivity index (χ0v) is 17.9. The van der Waals surface area contributed by atoms with Gasteiger partial charge in [0.25, 0.3) is 5.97 Å². The van der Waals surface area contributed by atoms with Crippen LogP contribution in [0.1, 0.15) is 64.7 Å². The Kier molecular flexibility index (Phi) is 14.1. The van der Waals surface area contributed by atoms with Crippen molar-refractivity contribution < 1.29 is 18.1 Å². The molecule has 0 heterocycles. The summed E-state index contributed by atoms with van der Waals surface area (Å²) in [4.78, 5) is 11.6. The molecule has 0 aliphatic rings. The van der Waals surface area contributed by atoms with Crippen LogP contribution >= 0.6 is 0 Å². The summed E-state index contributed by atoms with van der Waals surface area (Å²) in [6.45, 7) is 8.93. The molecule has 23 heavy (non-hydrogen) atoms. The highest BCUT2D eigenvalue weighted by Gasteiger charge is 2.19. The first kappa shape index (κ1) is 22.8. The van der Waals surface area contributed by atoms with Gasteiger partial charge in [0.2, 0.25) is 8.32 Å². The van der Waals surface area contributed by atoms with E-state index in [2.05, 4.69) is 19.6 Å². The minimum absolute atomic E-state index is 0.00535. The quantitative estimate of drug-likeness (QED) is 0.302. The van der Waals surface area contributed by atoms with Crippen molar-refractivity contribution >= 4 is 23.6 Å². The van der Waals surface area contributed by atoms with E-state index >= 15 is 0 Å². The lowest BCUT2D eigenvalue weighted by Gasteiger charge is -2.17. The molecule has 4 nitrogen and oxygen atoms in total. The highest BCUT2D eigenvalue weighted by atomic mass is 28.4. The minimum atomic E-state index is -1.70. The van der Waals surface area contributed by atoms with E-state index in [0.717, 1.165) is 25.5 Å². The van der Waals surface area contributed by atoms with Crippen LogP contribution in [0.4, 0.5) is 0 Å². The maximum absolute atomic E-state index is 11.6. The van der Waals surface area contributed by atoms with Crippen molar-refractivity contribution in [1.82, 2.24) is 0 Å². The molecule has 0 unspecified atom stereocenters. The number of hydrogen-bond acceptors (Lipinski definition) is 4. The van der Waals surface area contributed by atoms with Crippen molar-refractivity contribution in [3.63, 3.8) is 0 Å². The Hall–Kier alpha value is -0.176. The van der Waals surface area contributed by atoms with Crippen LogP contribution in [0.15, 0.2) is 0 Å². The van der Waals surface area contributed by atoms with Gasteiger partial charge in [0.1, 0.15) is 0 Å².